The summed E-state index contributed by atoms with van der Waals surface area (Å²) in [6, 6.07) is 4.53. The number of hydrogen-bond acceptors (Lipinski definition) is 4. The van der Waals surface area contributed by atoms with Crippen molar-refractivity contribution in [1.82, 2.24) is 9.97 Å². The number of halogens is 1. The van der Waals surface area contributed by atoms with Crippen LogP contribution in [-0.4, -0.2) is 15.8 Å². The molecule has 1 aromatic carbocycles. The molecule has 0 amide bonds. The molecule has 0 unspecified atom stereocenters. The van der Waals surface area contributed by atoms with Crippen LogP contribution in [0.5, 0.6) is 0 Å². The molecule has 0 saturated heterocycles. The molecule has 0 aliphatic rings. The number of nitrogen functional groups attached to an aromatic ring is 1. The Bertz CT molecular complexity index is 583. The first-order chi connectivity index (χ1) is 8.58. The van der Waals surface area contributed by atoms with Crippen molar-refractivity contribution in [1.29, 1.82) is 5.41 Å². The fraction of sp³-hybridized carbons (Fsp3) is 0.0833. The SMILES string of the molecule is Cc1cnc(Sc2cccc(F)c2C(=N)N)nc1. The first-order valence-corrected chi connectivity index (χ1v) is 5.99. The smallest absolute Gasteiger partial charge is 0.192 e. The van der Waals surface area contributed by atoms with Crippen molar-refractivity contribution in [3.8, 4) is 0 Å². The molecule has 0 aliphatic carbocycles. The van der Waals surface area contributed by atoms with E-state index in [1.165, 1.54) is 17.8 Å². The zero-order chi connectivity index (χ0) is 13.1. The Morgan fingerprint density at radius 1 is 1.33 bits per heavy atom. The largest absolute Gasteiger partial charge is 0.384 e. The van der Waals surface area contributed by atoms with Crippen molar-refractivity contribution < 1.29 is 4.39 Å². The molecule has 2 aromatic rings. The van der Waals surface area contributed by atoms with E-state index in [2.05, 4.69) is 9.97 Å². The molecule has 0 atom stereocenters. The third-order valence-corrected chi connectivity index (χ3v) is 3.16. The molecule has 4 nitrogen and oxygen atoms in total. The quantitative estimate of drug-likeness (QED) is 0.506. The number of benzene rings is 1. The summed E-state index contributed by atoms with van der Waals surface area (Å²) < 4.78 is 13.6. The molecule has 3 N–H and O–H groups in total. The molecule has 18 heavy (non-hydrogen) atoms. The standard InChI is InChI=1S/C12H11FN4S/c1-7-5-16-12(17-6-7)18-9-4-2-3-8(13)10(9)11(14)15/h2-6H,1H3,(H3,14,15). The first kappa shape index (κ1) is 12.5. The Balaban J connectivity index is 2.37. The summed E-state index contributed by atoms with van der Waals surface area (Å²) in [7, 11) is 0. The average Bonchev–Trinajstić information content (AvgIpc) is 2.32. The molecular formula is C12H11FN4S. The molecule has 92 valence electrons. The molecular weight excluding hydrogens is 251 g/mol. The number of nitrogens with two attached hydrogens (primary N) is 1. The van der Waals surface area contributed by atoms with Gasteiger partial charge in [-0.15, -0.1) is 0 Å². The maximum absolute atomic E-state index is 13.6. The van der Waals surface area contributed by atoms with Crippen molar-refractivity contribution in [2.75, 3.05) is 0 Å². The number of aryl methyl sites for hydroxylation is 1. The lowest BCUT2D eigenvalue weighted by molar-refractivity contribution is 0.621. The molecule has 0 aliphatic heterocycles. The molecule has 2 rings (SSSR count). The lowest BCUT2D eigenvalue weighted by Gasteiger charge is -2.07. The fourth-order valence-electron chi connectivity index (χ4n) is 1.38. The molecule has 6 heteroatoms. The summed E-state index contributed by atoms with van der Waals surface area (Å²) in [4.78, 5) is 8.78. The number of nitrogens with zero attached hydrogens (tertiary/aromatic N) is 2. The summed E-state index contributed by atoms with van der Waals surface area (Å²) >= 11 is 1.18. The van der Waals surface area contributed by atoms with Gasteiger partial charge in [0.2, 0.25) is 0 Å². The zero-order valence-corrected chi connectivity index (χ0v) is 10.5. The van der Waals surface area contributed by atoms with E-state index in [4.69, 9.17) is 11.1 Å². The number of rotatable bonds is 3. The highest BCUT2D eigenvalue weighted by atomic mass is 32.2. The minimum Gasteiger partial charge on any atom is -0.384 e. The van der Waals surface area contributed by atoms with Crippen molar-refractivity contribution >= 4 is 17.6 Å². The maximum Gasteiger partial charge on any atom is 0.192 e. The van der Waals surface area contributed by atoms with Crippen LogP contribution in [0.15, 0.2) is 40.6 Å². The number of nitrogens with one attached hydrogen (secondary N) is 1. The number of aromatic nitrogens is 2. The fourth-order valence-corrected chi connectivity index (χ4v) is 2.25. The molecule has 1 heterocycles. The molecule has 1 aromatic heterocycles. The van der Waals surface area contributed by atoms with Crippen molar-refractivity contribution in [3.05, 3.63) is 47.5 Å². The minimum atomic E-state index is -0.514. The highest BCUT2D eigenvalue weighted by Crippen LogP contribution is 2.28. The van der Waals surface area contributed by atoms with E-state index in [0.717, 1.165) is 5.56 Å². The molecule has 0 bridgehead atoms. The Morgan fingerprint density at radius 3 is 2.61 bits per heavy atom. The van der Waals surface area contributed by atoms with Crippen LogP contribution in [0, 0.1) is 18.2 Å². The van der Waals surface area contributed by atoms with Crippen molar-refractivity contribution in [2.24, 2.45) is 5.73 Å². The Hall–Kier alpha value is -1.95. The van der Waals surface area contributed by atoms with Gasteiger partial charge in [-0.05, 0) is 36.4 Å². The van der Waals surface area contributed by atoms with Crippen LogP contribution >= 0.6 is 11.8 Å². The van der Waals surface area contributed by atoms with Gasteiger partial charge in [0, 0.05) is 17.3 Å². The monoisotopic (exact) mass is 262 g/mol. The highest BCUT2D eigenvalue weighted by molar-refractivity contribution is 7.99. The molecule has 0 spiro atoms. The second-order valence-corrected chi connectivity index (χ2v) is 4.68. The molecule has 0 saturated carbocycles. The summed E-state index contributed by atoms with van der Waals surface area (Å²) in [5.41, 5.74) is 6.42. The van der Waals surface area contributed by atoms with Gasteiger partial charge in [-0.25, -0.2) is 14.4 Å². The maximum atomic E-state index is 13.6. The normalized spacial score (nSPS) is 10.3. The third kappa shape index (κ3) is 2.65. The summed E-state index contributed by atoms with van der Waals surface area (Å²) in [6.07, 6.45) is 3.37. The van der Waals surface area contributed by atoms with Crippen LogP contribution in [0.3, 0.4) is 0 Å². The van der Waals surface area contributed by atoms with Gasteiger partial charge in [-0.1, -0.05) is 6.07 Å². The first-order valence-electron chi connectivity index (χ1n) is 5.17. The van der Waals surface area contributed by atoms with Crippen molar-refractivity contribution in [3.63, 3.8) is 0 Å². The number of amidine groups is 1. The molecule has 0 fully saturated rings. The number of hydrogen-bond donors (Lipinski definition) is 2. The van der Waals surface area contributed by atoms with Gasteiger partial charge < -0.3 is 5.73 Å². The van der Waals surface area contributed by atoms with Crippen LogP contribution in [0.25, 0.3) is 0 Å². The Kier molecular flexibility index (Phi) is 3.57. The Labute approximate surface area is 108 Å². The lowest BCUT2D eigenvalue weighted by atomic mass is 10.2. The predicted molar refractivity (Wildman–Crippen MR) is 68.3 cm³/mol. The van der Waals surface area contributed by atoms with Crippen LogP contribution in [0.4, 0.5) is 4.39 Å². The van der Waals surface area contributed by atoms with Gasteiger partial charge in [0.05, 0.1) is 5.56 Å². The topological polar surface area (TPSA) is 75.7 Å². The van der Waals surface area contributed by atoms with E-state index < -0.39 is 5.82 Å². The summed E-state index contributed by atoms with van der Waals surface area (Å²) in [5.74, 6) is -0.817. The van der Waals surface area contributed by atoms with Gasteiger partial charge in [0.25, 0.3) is 0 Å². The zero-order valence-electron chi connectivity index (χ0n) is 9.64. The average molecular weight is 262 g/mol. The summed E-state index contributed by atoms with van der Waals surface area (Å²) in [5, 5.41) is 7.89. The summed E-state index contributed by atoms with van der Waals surface area (Å²) in [6.45, 7) is 1.89. The lowest BCUT2D eigenvalue weighted by Crippen LogP contribution is -2.14. The highest BCUT2D eigenvalue weighted by Gasteiger charge is 2.13. The van der Waals surface area contributed by atoms with Crippen LogP contribution in [-0.2, 0) is 0 Å². The molecule has 0 radical (unpaired) electrons. The van der Waals surface area contributed by atoms with Gasteiger partial charge in [-0.2, -0.15) is 0 Å². The Morgan fingerprint density at radius 2 is 2.00 bits per heavy atom. The van der Waals surface area contributed by atoms with Gasteiger partial charge in [0.15, 0.2) is 5.16 Å². The van der Waals surface area contributed by atoms with Crippen LogP contribution in [0.2, 0.25) is 0 Å². The predicted octanol–water partition coefficient (Wildman–Crippen LogP) is 2.36. The van der Waals surface area contributed by atoms with Gasteiger partial charge in [-0.3, -0.25) is 5.41 Å². The van der Waals surface area contributed by atoms with Crippen LogP contribution < -0.4 is 5.73 Å². The van der Waals surface area contributed by atoms with E-state index >= 15 is 0 Å². The van der Waals surface area contributed by atoms with Crippen molar-refractivity contribution in [2.45, 2.75) is 17.0 Å². The minimum absolute atomic E-state index is 0.0895. The van der Waals surface area contributed by atoms with E-state index in [0.29, 0.717) is 10.1 Å². The van der Waals surface area contributed by atoms with E-state index in [9.17, 15) is 4.39 Å². The van der Waals surface area contributed by atoms with Crippen LogP contribution in [0.1, 0.15) is 11.1 Å². The van der Waals surface area contributed by atoms with Gasteiger partial charge in [0.1, 0.15) is 11.7 Å². The third-order valence-electron chi connectivity index (χ3n) is 2.20. The van der Waals surface area contributed by atoms with E-state index in [1.54, 1.807) is 24.5 Å². The second kappa shape index (κ2) is 5.14. The second-order valence-electron chi connectivity index (χ2n) is 3.67. The van der Waals surface area contributed by atoms with E-state index in [1.807, 2.05) is 6.92 Å². The van der Waals surface area contributed by atoms with Gasteiger partial charge >= 0.3 is 0 Å². The van der Waals surface area contributed by atoms with E-state index in [-0.39, 0.29) is 11.4 Å².